The summed E-state index contributed by atoms with van der Waals surface area (Å²) < 4.78 is 5.71. The van der Waals surface area contributed by atoms with E-state index in [0.29, 0.717) is 17.8 Å². The van der Waals surface area contributed by atoms with Crippen LogP contribution in [0.5, 0.6) is 0 Å². The van der Waals surface area contributed by atoms with Crippen molar-refractivity contribution in [2.24, 2.45) is 11.8 Å². The quantitative estimate of drug-likeness (QED) is 0.636. The first-order valence-corrected chi connectivity index (χ1v) is 8.36. The summed E-state index contributed by atoms with van der Waals surface area (Å²) >= 11 is 0. The zero-order valence-corrected chi connectivity index (χ0v) is 14.5. The predicted octanol–water partition coefficient (Wildman–Crippen LogP) is 4.60. The van der Waals surface area contributed by atoms with Crippen LogP contribution in [0.1, 0.15) is 58.1 Å². The van der Waals surface area contributed by atoms with Crippen LogP contribution in [0.2, 0.25) is 0 Å². The molecule has 0 fully saturated rings. The smallest absolute Gasteiger partial charge is 0.0716 e. The van der Waals surface area contributed by atoms with Gasteiger partial charge in [0.25, 0.3) is 0 Å². The van der Waals surface area contributed by atoms with E-state index in [1.165, 1.54) is 11.1 Å². The third-order valence-corrected chi connectivity index (χ3v) is 3.66. The molecule has 0 aliphatic heterocycles. The molecule has 0 aliphatic rings. The second-order valence-electron chi connectivity index (χ2n) is 6.93. The Balaban J connectivity index is 2.32. The van der Waals surface area contributed by atoms with Crippen LogP contribution in [0.15, 0.2) is 24.3 Å². The van der Waals surface area contributed by atoms with E-state index >= 15 is 0 Å². The molecular formula is C19H33NO. The Morgan fingerprint density at radius 1 is 0.905 bits per heavy atom. The molecular weight excluding hydrogens is 258 g/mol. The molecule has 1 unspecified atom stereocenters. The van der Waals surface area contributed by atoms with Gasteiger partial charge in [0.15, 0.2) is 0 Å². The summed E-state index contributed by atoms with van der Waals surface area (Å²) in [6.45, 7) is 14.9. The van der Waals surface area contributed by atoms with Crippen LogP contribution in [0.3, 0.4) is 0 Å². The average Bonchev–Trinajstić information content (AvgIpc) is 2.43. The lowest BCUT2D eigenvalue weighted by Crippen LogP contribution is -2.24. The van der Waals surface area contributed by atoms with E-state index in [2.05, 4.69) is 64.2 Å². The number of ether oxygens (including phenoxy) is 1. The molecule has 1 N–H and O–H groups in total. The lowest BCUT2D eigenvalue weighted by Gasteiger charge is -2.15. The normalized spacial score (nSPS) is 13.1. The predicted molar refractivity (Wildman–Crippen MR) is 91.7 cm³/mol. The summed E-state index contributed by atoms with van der Waals surface area (Å²) in [4.78, 5) is 0. The van der Waals surface area contributed by atoms with Crippen LogP contribution < -0.4 is 5.32 Å². The third-order valence-electron chi connectivity index (χ3n) is 3.66. The van der Waals surface area contributed by atoms with Gasteiger partial charge in [-0.3, -0.25) is 0 Å². The Morgan fingerprint density at radius 3 is 2.14 bits per heavy atom. The molecule has 1 aromatic rings. The van der Waals surface area contributed by atoms with E-state index in [9.17, 15) is 0 Å². The van der Waals surface area contributed by atoms with E-state index in [1.54, 1.807) is 0 Å². The highest BCUT2D eigenvalue weighted by molar-refractivity contribution is 5.24. The summed E-state index contributed by atoms with van der Waals surface area (Å²) in [7, 11) is 0. The molecule has 0 saturated heterocycles. The van der Waals surface area contributed by atoms with Crippen LogP contribution in [0.4, 0.5) is 0 Å². The highest BCUT2D eigenvalue weighted by atomic mass is 16.5. The standard InChI is InChI=1S/C19H33NO/c1-15(2)10-11-21-14-18-6-8-19(9-7-18)17(5)13-20-12-16(3)4/h6-9,15-17,20H,10-14H2,1-5H3. The van der Waals surface area contributed by atoms with Crippen LogP contribution in [0.25, 0.3) is 0 Å². The molecule has 120 valence electrons. The van der Waals surface area contributed by atoms with Crippen molar-refractivity contribution in [3.8, 4) is 0 Å². The third kappa shape index (κ3) is 8.23. The van der Waals surface area contributed by atoms with Gasteiger partial charge in [0.1, 0.15) is 0 Å². The van der Waals surface area contributed by atoms with E-state index in [0.717, 1.165) is 32.7 Å². The summed E-state index contributed by atoms with van der Waals surface area (Å²) in [6, 6.07) is 8.87. The number of nitrogens with one attached hydrogen (secondary N) is 1. The first kappa shape index (κ1) is 18.2. The Kier molecular flexibility index (Phi) is 8.63. The zero-order valence-electron chi connectivity index (χ0n) is 14.5. The molecule has 0 amide bonds. The zero-order chi connectivity index (χ0) is 15.7. The minimum Gasteiger partial charge on any atom is -0.377 e. The van der Waals surface area contributed by atoms with Gasteiger partial charge in [0.2, 0.25) is 0 Å². The van der Waals surface area contributed by atoms with Crippen molar-refractivity contribution in [3.63, 3.8) is 0 Å². The topological polar surface area (TPSA) is 21.3 Å². The van der Waals surface area contributed by atoms with E-state index in [4.69, 9.17) is 4.74 Å². The maximum atomic E-state index is 5.71. The molecule has 1 rings (SSSR count). The lowest BCUT2D eigenvalue weighted by atomic mass is 10.00. The molecule has 2 nitrogen and oxygen atoms in total. The summed E-state index contributed by atoms with van der Waals surface area (Å²) in [5.74, 6) is 1.98. The highest BCUT2D eigenvalue weighted by Gasteiger charge is 2.05. The van der Waals surface area contributed by atoms with Crippen LogP contribution in [-0.2, 0) is 11.3 Å². The van der Waals surface area contributed by atoms with Gasteiger partial charge >= 0.3 is 0 Å². The number of hydrogen-bond acceptors (Lipinski definition) is 2. The first-order chi connectivity index (χ1) is 9.99. The summed E-state index contributed by atoms with van der Waals surface area (Å²) in [5, 5.41) is 3.53. The molecule has 0 bridgehead atoms. The van der Waals surface area contributed by atoms with Crippen LogP contribution in [0, 0.1) is 11.8 Å². The average molecular weight is 291 g/mol. The maximum absolute atomic E-state index is 5.71. The molecule has 0 spiro atoms. The molecule has 0 aliphatic carbocycles. The van der Waals surface area contributed by atoms with Gasteiger partial charge in [-0.05, 0) is 41.8 Å². The summed E-state index contributed by atoms with van der Waals surface area (Å²) in [6.07, 6.45) is 1.14. The maximum Gasteiger partial charge on any atom is 0.0716 e. The number of benzene rings is 1. The largest absolute Gasteiger partial charge is 0.377 e. The van der Waals surface area contributed by atoms with Crippen molar-refractivity contribution in [3.05, 3.63) is 35.4 Å². The molecule has 0 radical (unpaired) electrons. The van der Waals surface area contributed by atoms with Crippen LogP contribution in [-0.4, -0.2) is 19.7 Å². The Morgan fingerprint density at radius 2 is 1.57 bits per heavy atom. The van der Waals surface area contributed by atoms with Crippen molar-refractivity contribution in [2.75, 3.05) is 19.7 Å². The van der Waals surface area contributed by atoms with Crippen molar-refractivity contribution >= 4 is 0 Å². The minimum atomic E-state index is 0.555. The van der Waals surface area contributed by atoms with Crippen LogP contribution >= 0.6 is 0 Å². The van der Waals surface area contributed by atoms with Gasteiger partial charge in [-0.2, -0.15) is 0 Å². The Labute approximate surface area is 131 Å². The van der Waals surface area contributed by atoms with E-state index in [-0.39, 0.29) is 0 Å². The fourth-order valence-electron chi connectivity index (χ4n) is 2.16. The van der Waals surface area contributed by atoms with Gasteiger partial charge in [0.05, 0.1) is 6.61 Å². The number of rotatable bonds is 10. The van der Waals surface area contributed by atoms with Crippen molar-refractivity contribution < 1.29 is 4.74 Å². The number of hydrogen-bond donors (Lipinski definition) is 1. The lowest BCUT2D eigenvalue weighted by molar-refractivity contribution is 0.110. The van der Waals surface area contributed by atoms with Gasteiger partial charge in [0, 0.05) is 13.2 Å². The second kappa shape index (κ2) is 9.97. The molecule has 0 heterocycles. The fraction of sp³-hybridized carbons (Fsp3) is 0.684. The first-order valence-electron chi connectivity index (χ1n) is 8.36. The Hall–Kier alpha value is -0.860. The molecule has 1 atom stereocenters. The van der Waals surface area contributed by atoms with Crippen molar-refractivity contribution in [1.82, 2.24) is 5.32 Å². The SMILES string of the molecule is CC(C)CCOCc1ccc(C(C)CNCC(C)C)cc1. The fourth-order valence-corrected chi connectivity index (χ4v) is 2.16. The minimum absolute atomic E-state index is 0.555. The Bertz CT molecular complexity index is 370. The van der Waals surface area contributed by atoms with E-state index < -0.39 is 0 Å². The molecule has 1 aromatic carbocycles. The van der Waals surface area contributed by atoms with Gasteiger partial charge in [-0.25, -0.2) is 0 Å². The molecule has 0 saturated carbocycles. The second-order valence-corrected chi connectivity index (χ2v) is 6.93. The van der Waals surface area contributed by atoms with Gasteiger partial charge in [-0.1, -0.05) is 58.9 Å². The van der Waals surface area contributed by atoms with Gasteiger partial charge in [-0.15, -0.1) is 0 Å². The van der Waals surface area contributed by atoms with Gasteiger partial charge < -0.3 is 10.1 Å². The van der Waals surface area contributed by atoms with Crippen molar-refractivity contribution in [1.29, 1.82) is 0 Å². The molecule has 2 heteroatoms. The highest BCUT2D eigenvalue weighted by Crippen LogP contribution is 2.16. The molecule has 0 aromatic heterocycles. The van der Waals surface area contributed by atoms with Crippen molar-refractivity contribution in [2.45, 2.75) is 53.6 Å². The molecule has 21 heavy (non-hydrogen) atoms. The monoisotopic (exact) mass is 291 g/mol. The summed E-state index contributed by atoms with van der Waals surface area (Å²) in [5.41, 5.74) is 2.67. The van der Waals surface area contributed by atoms with E-state index in [1.807, 2.05) is 0 Å².